The smallest absolute Gasteiger partial charge is 0.401 e. The van der Waals surface area contributed by atoms with Crippen molar-refractivity contribution in [2.24, 2.45) is 0 Å². The van der Waals surface area contributed by atoms with E-state index in [0.29, 0.717) is 22.6 Å². The van der Waals surface area contributed by atoms with Crippen LogP contribution >= 0.6 is 0 Å². The van der Waals surface area contributed by atoms with Gasteiger partial charge in [0.05, 0.1) is 32.9 Å². The molecule has 2 rings (SSSR count). The van der Waals surface area contributed by atoms with Crippen LogP contribution < -0.4 is 14.8 Å². The lowest BCUT2D eigenvalue weighted by Crippen LogP contribution is -2.40. The van der Waals surface area contributed by atoms with Crippen LogP contribution in [0.4, 0.5) is 13.2 Å². The maximum Gasteiger partial charge on any atom is 0.401 e. The number of aliphatic hydroxyl groups is 1. The minimum absolute atomic E-state index is 0.417. The van der Waals surface area contributed by atoms with Crippen LogP contribution in [0.5, 0.6) is 11.5 Å². The van der Waals surface area contributed by atoms with Crippen molar-refractivity contribution >= 4 is 6.08 Å². The van der Waals surface area contributed by atoms with Crippen molar-refractivity contribution in [3.8, 4) is 11.5 Å². The van der Waals surface area contributed by atoms with E-state index in [4.69, 9.17) is 9.47 Å². The van der Waals surface area contributed by atoms with Gasteiger partial charge < -0.3 is 14.6 Å². The van der Waals surface area contributed by atoms with E-state index < -0.39 is 24.9 Å². The van der Waals surface area contributed by atoms with E-state index in [1.54, 1.807) is 18.2 Å². The number of hydrogen-bond donors (Lipinski definition) is 2. The zero-order valence-electron chi connectivity index (χ0n) is 11.6. The molecule has 0 aliphatic heterocycles. The molecule has 0 aromatic heterocycles. The number of benzene rings is 1. The minimum atomic E-state index is -4.33. The van der Waals surface area contributed by atoms with E-state index in [0.717, 1.165) is 0 Å². The van der Waals surface area contributed by atoms with Gasteiger partial charge in [-0.25, -0.2) is 0 Å². The first kappa shape index (κ1) is 15.7. The van der Waals surface area contributed by atoms with Crippen molar-refractivity contribution in [2.45, 2.75) is 18.3 Å². The third kappa shape index (κ3) is 3.48. The van der Waals surface area contributed by atoms with Crippen molar-refractivity contribution < 1.29 is 27.8 Å². The summed E-state index contributed by atoms with van der Waals surface area (Å²) < 4.78 is 47.0. The van der Waals surface area contributed by atoms with Gasteiger partial charge in [0.15, 0.2) is 11.5 Å². The van der Waals surface area contributed by atoms with Crippen molar-refractivity contribution in [1.82, 2.24) is 5.32 Å². The summed E-state index contributed by atoms with van der Waals surface area (Å²) in [6.45, 7) is -1.16. The highest BCUT2D eigenvalue weighted by Crippen LogP contribution is 2.37. The fourth-order valence-electron chi connectivity index (χ4n) is 2.23. The zero-order valence-corrected chi connectivity index (χ0v) is 11.6. The lowest BCUT2D eigenvalue weighted by molar-refractivity contribution is -0.126. The van der Waals surface area contributed by atoms with E-state index in [1.807, 2.05) is 0 Å². The molecule has 2 atom stereocenters. The molecule has 0 amide bonds. The molecule has 21 heavy (non-hydrogen) atoms. The lowest BCUT2D eigenvalue weighted by atomic mass is 9.91. The highest BCUT2D eigenvalue weighted by molar-refractivity contribution is 5.64. The molecule has 0 spiro atoms. The summed E-state index contributed by atoms with van der Waals surface area (Å²) in [7, 11) is 2.94. The Morgan fingerprint density at radius 2 is 1.81 bits per heavy atom. The van der Waals surface area contributed by atoms with Crippen molar-refractivity contribution in [2.75, 3.05) is 20.8 Å². The monoisotopic (exact) mass is 303 g/mol. The molecule has 0 bridgehead atoms. The fraction of sp³-hybridized carbons (Fsp3) is 0.429. The van der Waals surface area contributed by atoms with Crippen LogP contribution in [-0.4, -0.2) is 38.1 Å². The molecule has 1 aromatic carbocycles. The first-order valence-corrected chi connectivity index (χ1v) is 6.28. The number of fused-ring (bicyclic) bond motifs is 1. The van der Waals surface area contributed by atoms with E-state index in [9.17, 15) is 18.3 Å². The number of halogens is 3. The Bertz CT molecular complexity index is 543. The number of nitrogens with one attached hydrogen (secondary N) is 1. The number of alkyl halides is 3. The number of rotatable bonds is 4. The van der Waals surface area contributed by atoms with Gasteiger partial charge in [0.1, 0.15) is 0 Å². The van der Waals surface area contributed by atoms with Crippen LogP contribution in [0.1, 0.15) is 17.2 Å². The topological polar surface area (TPSA) is 50.7 Å². The molecule has 1 aliphatic carbocycles. The highest BCUT2D eigenvalue weighted by atomic mass is 19.4. The van der Waals surface area contributed by atoms with Gasteiger partial charge in [-0.2, -0.15) is 13.2 Å². The predicted octanol–water partition coefficient (Wildman–Crippen LogP) is 2.28. The quantitative estimate of drug-likeness (QED) is 0.896. The largest absolute Gasteiger partial charge is 0.493 e. The Kier molecular flexibility index (Phi) is 4.43. The minimum Gasteiger partial charge on any atom is -0.493 e. The maximum atomic E-state index is 12.2. The van der Waals surface area contributed by atoms with E-state index >= 15 is 0 Å². The van der Waals surface area contributed by atoms with E-state index in [-0.39, 0.29) is 0 Å². The van der Waals surface area contributed by atoms with Crippen LogP contribution in [0.3, 0.4) is 0 Å². The summed E-state index contributed by atoms with van der Waals surface area (Å²) in [6, 6.07) is 2.44. The Labute approximate surface area is 120 Å². The molecule has 2 N–H and O–H groups in total. The average Bonchev–Trinajstić information content (AvgIpc) is 2.44. The molecule has 0 saturated heterocycles. The highest BCUT2D eigenvalue weighted by Gasteiger charge is 2.31. The van der Waals surface area contributed by atoms with Gasteiger partial charge in [0.25, 0.3) is 0 Å². The Morgan fingerprint density at radius 1 is 1.19 bits per heavy atom. The third-order valence-corrected chi connectivity index (χ3v) is 3.27. The molecule has 0 heterocycles. The molecular formula is C14H16F3NO3. The first-order chi connectivity index (χ1) is 9.85. The predicted molar refractivity (Wildman–Crippen MR) is 71.4 cm³/mol. The molecule has 4 nitrogen and oxygen atoms in total. The summed E-state index contributed by atoms with van der Waals surface area (Å²) in [4.78, 5) is 0. The summed E-state index contributed by atoms with van der Waals surface area (Å²) in [5.74, 6) is 0.912. The van der Waals surface area contributed by atoms with Gasteiger partial charge in [-0.3, -0.25) is 5.32 Å². The van der Waals surface area contributed by atoms with Crippen LogP contribution in [0.2, 0.25) is 0 Å². The fourth-order valence-corrected chi connectivity index (χ4v) is 2.23. The molecule has 1 aromatic rings. The summed E-state index contributed by atoms with van der Waals surface area (Å²) in [5, 5.41) is 12.5. The summed E-state index contributed by atoms with van der Waals surface area (Å²) >= 11 is 0. The van der Waals surface area contributed by atoms with Crippen LogP contribution in [0.25, 0.3) is 6.08 Å². The second-order valence-electron chi connectivity index (χ2n) is 4.66. The molecule has 0 fully saturated rings. The Morgan fingerprint density at radius 3 is 2.38 bits per heavy atom. The van der Waals surface area contributed by atoms with Gasteiger partial charge in [-0.1, -0.05) is 12.2 Å². The van der Waals surface area contributed by atoms with Crippen molar-refractivity contribution in [3.63, 3.8) is 0 Å². The van der Waals surface area contributed by atoms with E-state index in [1.165, 1.54) is 20.3 Å². The second-order valence-corrected chi connectivity index (χ2v) is 4.66. The molecule has 0 saturated carbocycles. The zero-order chi connectivity index (χ0) is 15.6. The SMILES string of the molecule is COc1cc2c(cc1OC)[C@@H](O)[C@H](NCC(F)(F)F)C=C2. The van der Waals surface area contributed by atoms with Gasteiger partial charge in [-0.05, 0) is 23.3 Å². The third-order valence-electron chi connectivity index (χ3n) is 3.27. The number of methoxy groups -OCH3 is 2. The Hall–Kier alpha value is -1.73. The van der Waals surface area contributed by atoms with Gasteiger partial charge in [0, 0.05) is 0 Å². The number of ether oxygens (including phenoxy) is 2. The Balaban J connectivity index is 2.25. The van der Waals surface area contributed by atoms with Crippen LogP contribution in [0, 0.1) is 0 Å². The lowest BCUT2D eigenvalue weighted by Gasteiger charge is -2.28. The van der Waals surface area contributed by atoms with Gasteiger partial charge in [0.2, 0.25) is 0 Å². The summed E-state index contributed by atoms with van der Waals surface area (Å²) in [6.07, 6.45) is -2.26. The van der Waals surface area contributed by atoms with Gasteiger partial charge in [-0.15, -0.1) is 0 Å². The van der Waals surface area contributed by atoms with Crippen molar-refractivity contribution in [1.29, 1.82) is 0 Å². The first-order valence-electron chi connectivity index (χ1n) is 6.28. The normalized spacial score (nSPS) is 21.0. The second kappa shape index (κ2) is 5.95. The number of hydrogen-bond acceptors (Lipinski definition) is 4. The molecular weight excluding hydrogens is 287 g/mol. The average molecular weight is 303 g/mol. The molecule has 0 radical (unpaired) electrons. The van der Waals surface area contributed by atoms with Crippen LogP contribution in [-0.2, 0) is 0 Å². The number of aliphatic hydroxyl groups excluding tert-OH is 1. The van der Waals surface area contributed by atoms with E-state index in [2.05, 4.69) is 5.32 Å². The van der Waals surface area contributed by atoms with Crippen LogP contribution in [0.15, 0.2) is 18.2 Å². The molecule has 1 aliphatic rings. The maximum absolute atomic E-state index is 12.2. The summed E-state index contributed by atoms with van der Waals surface area (Å²) in [5.41, 5.74) is 1.18. The van der Waals surface area contributed by atoms with Crippen molar-refractivity contribution in [3.05, 3.63) is 29.3 Å². The molecule has 116 valence electrons. The standard InChI is InChI=1S/C14H16F3NO3/c1-20-11-5-8-3-4-10(18-7-14(15,16)17)13(19)9(8)6-12(11)21-2/h3-6,10,13,18-19H,7H2,1-2H3/t10-,13-/m1/s1. The molecule has 7 heteroatoms. The molecule has 0 unspecified atom stereocenters. The van der Waals surface area contributed by atoms with Gasteiger partial charge >= 0.3 is 6.18 Å².